The molecule has 1 saturated heterocycles. The normalized spacial score (nSPS) is 22.9. The Morgan fingerprint density at radius 3 is 2.82 bits per heavy atom. The molecule has 1 aromatic heterocycles. The summed E-state index contributed by atoms with van der Waals surface area (Å²) in [6.07, 6.45) is 0.629. The van der Waals surface area contributed by atoms with Gasteiger partial charge in [-0.1, -0.05) is 18.2 Å². The average Bonchev–Trinajstić information content (AvgIpc) is 3.13. The van der Waals surface area contributed by atoms with Crippen LogP contribution in [0.1, 0.15) is 25.6 Å². The van der Waals surface area contributed by atoms with Crippen molar-refractivity contribution < 1.29 is 28.3 Å². The number of carbonyl (C=O) groups is 1. The van der Waals surface area contributed by atoms with E-state index >= 15 is 0 Å². The van der Waals surface area contributed by atoms with Crippen LogP contribution in [0.15, 0.2) is 41.5 Å². The van der Waals surface area contributed by atoms with Gasteiger partial charge in [-0.25, -0.2) is 14.3 Å². The van der Waals surface area contributed by atoms with Crippen molar-refractivity contribution in [1.29, 1.82) is 0 Å². The lowest BCUT2D eigenvalue weighted by atomic mass is 10.2. The molecule has 1 aliphatic heterocycles. The number of carbonyl (C=O) groups excluding carboxylic acids is 1. The Balaban J connectivity index is 1.71. The second kappa shape index (κ2) is 11.1. The number of nitrogens with one attached hydrogen (secondary N) is 1. The minimum Gasteiger partial charge on any atom is -0.465 e. The molecule has 5 atom stereocenters. The van der Waals surface area contributed by atoms with Crippen molar-refractivity contribution in [2.75, 3.05) is 18.9 Å². The zero-order valence-corrected chi connectivity index (χ0v) is 19.8. The number of benzene rings is 1. The standard InChI is InChI=1S/C19H26N5O7PS/c1-3-29-17(26)12(2)23-32(28,31-13-7-5-4-6-8-13)30-10-15-14(25)9-16(33-15)24-11-21-18(20)22-19(24)27/h4-8,11-12,14-16,25H,3,9-10H2,1-2H3,(H,23,28)(H2,20,22,27)/t12-,14+,15+,16+,32?/m0/s1. The van der Waals surface area contributed by atoms with Gasteiger partial charge in [-0.3, -0.25) is 13.9 Å². The largest absolute Gasteiger partial charge is 0.465 e. The number of anilines is 1. The van der Waals surface area contributed by atoms with E-state index in [0.29, 0.717) is 0 Å². The van der Waals surface area contributed by atoms with Crippen molar-refractivity contribution >= 4 is 31.4 Å². The van der Waals surface area contributed by atoms with Gasteiger partial charge in [0.25, 0.3) is 0 Å². The summed E-state index contributed by atoms with van der Waals surface area (Å²) in [6.45, 7) is 3.12. The monoisotopic (exact) mass is 499 g/mol. The van der Waals surface area contributed by atoms with E-state index in [1.54, 1.807) is 37.3 Å². The van der Waals surface area contributed by atoms with Crippen molar-refractivity contribution in [3.05, 3.63) is 47.1 Å². The van der Waals surface area contributed by atoms with Gasteiger partial charge < -0.3 is 20.1 Å². The molecule has 2 aromatic rings. The highest BCUT2D eigenvalue weighted by molar-refractivity contribution is 8.00. The Bertz CT molecular complexity index is 1060. The van der Waals surface area contributed by atoms with Crippen LogP contribution in [-0.4, -0.2) is 56.2 Å². The van der Waals surface area contributed by atoms with Crippen molar-refractivity contribution in [3.63, 3.8) is 0 Å². The van der Waals surface area contributed by atoms with Crippen LogP contribution in [0.5, 0.6) is 5.75 Å². The SMILES string of the molecule is CCOC(=O)[C@H](C)NP(=O)(OC[C@H]1S[C@@H](n2cnc(N)nc2=O)C[C@H]1O)Oc1ccccc1. The molecule has 3 rings (SSSR count). The van der Waals surface area contributed by atoms with Crippen molar-refractivity contribution in [2.24, 2.45) is 0 Å². The third-order valence-electron chi connectivity index (χ3n) is 4.63. The van der Waals surface area contributed by atoms with Crippen LogP contribution in [0, 0.1) is 0 Å². The summed E-state index contributed by atoms with van der Waals surface area (Å²) in [5.74, 6) is -0.482. The molecule has 1 aliphatic rings. The molecule has 2 heterocycles. The highest BCUT2D eigenvalue weighted by Crippen LogP contribution is 2.48. The number of para-hydroxylation sites is 1. The summed E-state index contributed by atoms with van der Waals surface area (Å²) in [5, 5.41) is 12.1. The molecule has 1 aromatic carbocycles. The fraction of sp³-hybridized carbons (Fsp3) is 0.474. The highest BCUT2D eigenvalue weighted by Gasteiger charge is 2.39. The molecule has 33 heavy (non-hydrogen) atoms. The maximum absolute atomic E-state index is 13.5. The van der Waals surface area contributed by atoms with E-state index in [2.05, 4.69) is 15.1 Å². The lowest BCUT2D eigenvalue weighted by molar-refractivity contribution is -0.144. The Kier molecular flexibility index (Phi) is 8.49. The third kappa shape index (κ3) is 6.78. The van der Waals surface area contributed by atoms with E-state index in [-0.39, 0.29) is 31.3 Å². The van der Waals surface area contributed by atoms with E-state index < -0.39 is 42.2 Å². The second-order valence-corrected chi connectivity index (χ2v) is 10.3. The molecule has 0 saturated carbocycles. The first-order valence-corrected chi connectivity index (χ1v) is 12.7. The Hall–Kier alpha value is -2.44. The van der Waals surface area contributed by atoms with E-state index in [1.807, 2.05) is 0 Å². The van der Waals surface area contributed by atoms with E-state index in [9.17, 15) is 19.3 Å². The smallest absolute Gasteiger partial charge is 0.459 e. The topological polar surface area (TPSA) is 168 Å². The molecule has 4 N–H and O–H groups in total. The highest BCUT2D eigenvalue weighted by atomic mass is 32.2. The first-order valence-electron chi connectivity index (χ1n) is 10.2. The molecule has 0 spiro atoms. The number of nitrogens with two attached hydrogens (primary N) is 1. The number of aromatic nitrogens is 3. The van der Waals surface area contributed by atoms with Crippen LogP contribution in [0.2, 0.25) is 0 Å². The van der Waals surface area contributed by atoms with Crippen molar-refractivity contribution in [3.8, 4) is 5.75 Å². The number of nitrogens with zero attached hydrogens (tertiary/aromatic N) is 3. The summed E-state index contributed by atoms with van der Waals surface area (Å²) in [5.41, 5.74) is 4.84. The van der Waals surface area contributed by atoms with Gasteiger partial charge >= 0.3 is 19.4 Å². The number of nitrogen functional groups attached to an aromatic ring is 1. The Morgan fingerprint density at radius 2 is 2.15 bits per heavy atom. The Labute approximate surface area is 194 Å². The van der Waals surface area contributed by atoms with Gasteiger partial charge in [0, 0.05) is 6.42 Å². The molecular formula is C19H26N5O7PS. The second-order valence-electron chi connectivity index (χ2n) is 7.14. The van der Waals surface area contributed by atoms with Crippen LogP contribution in [0.4, 0.5) is 5.95 Å². The van der Waals surface area contributed by atoms with Gasteiger partial charge in [-0.2, -0.15) is 10.1 Å². The molecule has 0 radical (unpaired) electrons. The van der Waals surface area contributed by atoms with Crippen LogP contribution in [-0.2, 0) is 18.6 Å². The minimum absolute atomic E-state index is 0.138. The number of ether oxygens (including phenoxy) is 1. The lowest BCUT2D eigenvalue weighted by Gasteiger charge is -2.24. The number of aliphatic hydroxyl groups is 1. The average molecular weight is 499 g/mol. The maximum atomic E-state index is 13.5. The van der Waals surface area contributed by atoms with Gasteiger partial charge in [-0.15, -0.1) is 11.8 Å². The quantitative estimate of drug-likeness (QED) is 0.317. The number of hydrogen-bond acceptors (Lipinski definition) is 11. The lowest BCUT2D eigenvalue weighted by Crippen LogP contribution is -2.36. The molecule has 0 bridgehead atoms. The van der Waals surface area contributed by atoms with Crippen molar-refractivity contribution in [2.45, 2.75) is 43.0 Å². The van der Waals surface area contributed by atoms with Crippen molar-refractivity contribution in [1.82, 2.24) is 19.6 Å². The summed E-state index contributed by atoms with van der Waals surface area (Å²) < 4.78 is 30.9. The van der Waals surface area contributed by atoms with Gasteiger partial charge in [-0.05, 0) is 26.0 Å². The van der Waals surface area contributed by atoms with E-state index in [4.69, 9.17) is 19.5 Å². The van der Waals surface area contributed by atoms with Crippen LogP contribution in [0.25, 0.3) is 0 Å². The summed E-state index contributed by atoms with van der Waals surface area (Å²) in [6, 6.07) is 7.37. The molecule has 180 valence electrons. The summed E-state index contributed by atoms with van der Waals surface area (Å²) >= 11 is 1.24. The fourth-order valence-corrected chi connectivity index (χ4v) is 6.07. The van der Waals surface area contributed by atoms with Crippen LogP contribution in [0.3, 0.4) is 0 Å². The van der Waals surface area contributed by atoms with Gasteiger partial charge in [0.2, 0.25) is 5.95 Å². The van der Waals surface area contributed by atoms with E-state index in [1.165, 1.54) is 29.6 Å². The first kappa shape index (κ1) is 25.2. The Morgan fingerprint density at radius 1 is 1.42 bits per heavy atom. The van der Waals surface area contributed by atoms with Gasteiger partial charge in [0.05, 0.1) is 29.9 Å². The third-order valence-corrected chi connectivity index (χ3v) is 7.81. The zero-order valence-electron chi connectivity index (χ0n) is 18.1. The molecule has 1 unspecified atom stereocenters. The predicted molar refractivity (Wildman–Crippen MR) is 122 cm³/mol. The first-order chi connectivity index (χ1) is 15.7. The van der Waals surface area contributed by atoms with Crippen LogP contribution < -0.4 is 21.0 Å². The number of aliphatic hydroxyl groups excluding tert-OH is 1. The molecule has 1 fully saturated rings. The zero-order chi connectivity index (χ0) is 24.0. The number of thioether (sulfide) groups is 1. The molecule has 14 heteroatoms. The fourth-order valence-electron chi connectivity index (χ4n) is 3.03. The molecular weight excluding hydrogens is 473 g/mol. The molecule has 12 nitrogen and oxygen atoms in total. The predicted octanol–water partition coefficient (Wildman–Crippen LogP) is 1.33. The number of hydrogen-bond donors (Lipinski definition) is 3. The van der Waals surface area contributed by atoms with Gasteiger partial charge in [0.1, 0.15) is 18.1 Å². The van der Waals surface area contributed by atoms with Crippen LogP contribution >= 0.6 is 19.5 Å². The molecule has 0 aliphatic carbocycles. The maximum Gasteiger partial charge on any atom is 0.459 e. The summed E-state index contributed by atoms with van der Waals surface area (Å²) in [4.78, 5) is 31.5. The van der Waals surface area contributed by atoms with Gasteiger partial charge in [0.15, 0.2) is 0 Å². The molecule has 0 amide bonds. The number of esters is 1. The number of rotatable bonds is 10. The van der Waals surface area contributed by atoms with E-state index in [0.717, 1.165) is 0 Å². The summed E-state index contributed by atoms with van der Waals surface area (Å²) in [7, 11) is -4.05. The minimum atomic E-state index is -4.05.